The van der Waals surface area contributed by atoms with Gasteiger partial charge in [0.1, 0.15) is 11.6 Å². The van der Waals surface area contributed by atoms with Crippen LogP contribution in [-0.2, 0) is 24.3 Å². The first-order valence-corrected chi connectivity index (χ1v) is 10.2. The van der Waals surface area contributed by atoms with Crippen molar-refractivity contribution in [2.45, 2.75) is 31.6 Å². The molecular formula is C21H24N4O2S. The Morgan fingerprint density at radius 2 is 1.82 bits per heavy atom. The third-order valence-corrected chi connectivity index (χ3v) is 5.26. The van der Waals surface area contributed by atoms with Gasteiger partial charge in [-0.2, -0.15) is 0 Å². The van der Waals surface area contributed by atoms with Crippen molar-refractivity contribution >= 4 is 17.7 Å². The van der Waals surface area contributed by atoms with Crippen LogP contribution in [0.2, 0.25) is 0 Å². The topological polar surface area (TPSA) is 69.0 Å². The number of nitrogens with one attached hydrogen (secondary N) is 1. The van der Waals surface area contributed by atoms with E-state index < -0.39 is 0 Å². The molecule has 3 aromatic rings. The van der Waals surface area contributed by atoms with Gasteiger partial charge in [0, 0.05) is 19.5 Å². The molecule has 0 aliphatic carbocycles. The van der Waals surface area contributed by atoms with Crippen LogP contribution >= 0.6 is 11.8 Å². The van der Waals surface area contributed by atoms with Gasteiger partial charge >= 0.3 is 0 Å². The number of nitrogens with zero attached hydrogens (tertiary/aromatic N) is 3. The molecule has 0 saturated carbocycles. The van der Waals surface area contributed by atoms with Gasteiger partial charge in [-0.05, 0) is 30.2 Å². The van der Waals surface area contributed by atoms with Crippen molar-refractivity contribution < 1.29 is 9.53 Å². The molecule has 0 fully saturated rings. The monoisotopic (exact) mass is 396 g/mol. The fraction of sp³-hybridized carbons (Fsp3) is 0.286. The van der Waals surface area contributed by atoms with E-state index in [9.17, 15) is 4.79 Å². The lowest BCUT2D eigenvalue weighted by Gasteiger charge is -2.08. The molecule has 0 unspecified atom stereocenters. The number of benzene rings is 2. The summed E-state index contributed by atoms with van der Waals surface area (Å²) in [5, 5.41) is 12.3. The molecule has 7 heteroatoms. The number of rotatable bonds is 9. The molecule has 2 aromatic carbocycles. The Balaban J connectivity index is 1.56. The summed E-state index contributed by atoms with van der Waals surface area (Å²) in [5.74, 6) is 2.02. The van der Waals surface area contributed by atoms with E-state index in [0.717, 1.165) is 34.4 Å². The van der Waals surface area contributed by atoms with Gasteiger partial charge in [-0.15, -0.1) is 10.2 Å². The normalized spacial score (nSPS) is 10.6. The van der Waals surface area contributed by atoms with E-state index in [1.165, 1.54) is 11.8 Å². The summed E-state index contributed by atoms with van der Waals surface area (Å²) in [6, 6.07) is 17.8. The third-order valence-electron chi connectivity index (χ3n) is 4.30. The first-order chi connectivity index (χ1) is 13.7. The molecule has 1 aromatic heterocycles. The van der Waals surface area contributed by atoms with E-state index in [1.807, 2.05) is 54.6 Å². The highest BCUT2D eigenvalue weighted by atomic mass is 32.2. The lowest BCUT2D eigenvalue weighted by Crippen LogP contribution is -2.24. The van der Waals surface area contributed by atoms with Crippen molar-refractivity contribution in [3.8, 4) is 5.75 Å². The molecule has 146 valence electrons. The summed E-state index contributed by atoms with van der Waals surface area (Å²) in [7, 11) is 1.65. The van der Waals surface area contributed by atoms with Gasteiger partial charge in [-0.3, -0.25) is 4.79 Å². The summed E-state index contributed by atoms with van der Waals surface area (Å²) < 4.78 is 7.25. The maximum atomic E-state index is 12.1. The van der Waals surface area contributed by atoms with E-state index in [2.05, 4.69) is 27.0 Å². The predicted octanol–water partition coefficient (Wildman–Crippen LogP) is 3.31. The SMILES string of the molecule is CCn1c(Cc2ccc(OC)cc2)nnc1SCC(=O)NCc1ccccc1. The van der Waals surface area contributed by atoms with Crippen LogP contribution in [0.5, 0.6) is 5.75 Å². The minimum atomic E-state index is -0.0174. The van der Waals surface area contributed by atoms with Crippen molar-refractivity contribution in [2.75, 3.05) is 12.9 Å². The number of methoxy groups -OCH3 is 1. The molecule has 0 aliphatic heterocycles. The van der Waals surface area contributed by atoms with Crippen molar-refractivity contribution in [3.05, 3.63) is 71.5 Å². The molecule has 0 saturated heterocycles. The fourth-order valence-corrected chi connectivity index (χ4v) is 3.63. The molecule has 1 amide bonds. The zero-order valence-electron chi connectivity index (χ0n) is 16.1. The Labute approximate surface area is 169 Å². The van der Waals surface area contributed by atoms with Gasteiger partial charge in [-0.25, -0.2) is 0 Å². The third kappa shape index (κ3) is 5.36. The second-order valence-corrected chi connectivity index (χ2v) is 7.16. The average molecular weight is 397 g/mol. The average Bonchev–Trinajstić information content (AvgIpc) is 3.13. The molecular weight excluding hydrogens is 372 g/mol. The zero-order valence-corrected chi connectivity index (χ0v) is 16.9. The van der Waals surface area contributed by atoms with E-state index in [-0.39, 0.29) is 5.91 Å². The standard InChI is InChI=1S/C21H24N4O2S/c1-3-25-19(13-16-9-11-18(27-2)12-10-16)23-24-21(25)28-15-20(26)22-14-17-7-5-4-6-8-17/h4-12H,3,13-15H2,1-2H3,(H,22,26). The first-order valence-electron chi connectivity index (χ1n) is 9.18. The summed E-state index contributed by atoms with van der Waals surface area (Å²) in [6.45, 7) is 3.34. The fourth-order valence-electron chi connectivity index (χ4n) is 2.78. The highest BCUT2D eigenvalue weighted by molar-refractivity contribution is 7.99. The van der Waals surface area contributed by atoms with Crippen molar-refractivity contribution in [1.29, 1.82) is 0 Å². The number of ether oxygens (including phenoxy) is 1. The molecule has 0 atom stereocenters. The number of aromatic nitrogens is 3. The molecule has 28 heavy (non-hydrogen) atoms. The molecule has 0 bridgehead atoms. The lowest BCUT2D eigenvalue weighted by atomic mass is 10.1. The number of hydrogen-bond acceptors (Lipinski definition) is 5. The van der Waals surface area contributed by atoms with Crippen LogP contribution in [0.4, 0.5) is 0 Å². The smallest absolute Gasteiger partial charge is 0.230 e. The Kier molecular flexibility index (Phi) is 7.08. The molecule has 1 N–H and O–H groups in total. The van der Waals surface area contributed by atoms with Gasteiger partial charge < -0.3 is 14.6 Å². The van der Waals surface area contributed by atoms with Crippen molar-refractivity contribution in [3.63, 3.8) is 0 Å². The van der Waals surface area contributed by atoms with Gasteiger partial charge in [0.15, 0.2) is 5.16 Å². The maximum absolute atomic E-state index is 12.1. The summed E-state index contributed by atoms with van der Waals surface area (Å²) >= 11 is 1.41. The Bertz CT molecular complexity index is 895. The maximum Gasteiger partial charge on any atom is 0.230 e. The number of thioether (sulfide) groups is 1. The van der Waals surface area contributed by atoms with Gasteiger partial charge in [0.25, 0.3) is 0 Å². The van der Waals surface area contributed by atoms with Gasteiger partial charge in [0.05, 0.1) is 12.9 Å². The molecule has 0 spiro atoms. The van der Waals surface area contributed by atoms with E-state index in [0.29, 0.717) is 18.7 Å². The summed E-state index contributed by atoms with van der Waals surface area (Å²) in [6.07, 6.45) is 0.686. The molecule has 0 radical (unpaired) electrons. The minimum Gasteiger partial charge on any atom is -0.497 e. The van der Waals surface area contributed by atoms with Crippen LogP contribution in [0, 0.1) is 0 Å². The lowest BCUT2D eigenvalue weighted by molar-refractivity contribution is -0.118. The first kappa shape index (κ1) is 19.9. The van der Waals surface area contributed by atoms with Crippen LogP contribution in [0.25, 0.3) is 0 Å². The van der Waals surface area contributed by atoms with Crippen molar-refractivity contribution in [1.82, 2.24) is 20.1 Å². The Morgan fingerprint density at radius 3 is 2.50 bits per heavy atom. The number of amides is 1. The Morgan fingerprint density at radius 1 is 1.07 bits per heavy atom. The highest BCUT2D eigenvalue weighted by Gasteiger charge is 2.13. The van der Waals surface area contributed by atoms with Crippen LogP contribution in [0.3, 0.4) is 0 Å². The minimum absolute atomic E-state index is 0.0174. The van der Waals surface area contributed by atoms with Gasteiger partial charge in [-0.1, -0.05) is 54.2 Å². The molecule has 3 rings (SSSR count). The van der Waals surface area contributed by atoms with Crippen molar-refractivity contribution in [2.24, 2.45) is 0 Å². The largest absolute Gasteiger partial charge is 0.497 e. The van der Waals surface area contributed by atoms with Gasteiger partial charge in [0.2, 0.25) is 5.91 Å². The Hall–Kier alpha value is -2.80. The summed E-state index contributed by atoms with van der Waals surface area (Å²) in [5.41, 5.74) is 2.22. The van der Waals surface area contributed by atoms with Crippen LogP contribution in [0.1, 0.15) is 23.9 Å². The zero-order chi connectivity index (χ0) is 19.8. The molecule has 1 heterocycles. The van der Waals surface area contributed by atoms with E-state index >= 15 is 0 Å². The van der Waals surface area contributed by atoms with Crippen LogP contribution in [-0.4, -0.2) is 33.5 Å². The number of carbonyl (C=O) groups excluding carboxylic acids is 1. The summed E-state index contributed by atoms with van der Waals surface area (Å²) in [4.78, 5) is 12.1. The quantitative estimate of drug-likeness (QED) is 0.562. The van der Waals surface area contributed by atoms with E-state index in [4.69, 9.17) is 4.74 Å². The van der Waals surface area contributed by atoms with E-state index in [1.54, 1.807) is 7.11 Å². The molecule has 0 aliphatic rings. The number of hydrogen-bond donors (Lipinski definition) is 1. The molecule has 6 nitrogen and oxygen atoms in total. The second kappa shape index (κ2) is 9.94. The van der Waals surface area contributed by atoms with Crippen LogP contribution in [0.15, 0.2) is 59.8 Å². The predicted molar refractivity (Wildman–Crippen MR) is 111 cm³/mol. The van der Waals surface area contributed by atoms with Crippen LogP contribution < -0.4 is 10.1 Å². The number of carbonyl (C=O) groups is 1. The second-order valence-electron chi connectivity index (χ2n) is 6.22. The highest BCUT2D eigenvalue weighted by Crippen LogP contribution is 2.20.